The van der Waals surface area contributed by atoms with Gasteiger partial charge in [-0.1, -0.05) is 54.4 Å². The maximum atomic E-state index is 13.6. The Labute approximate surface area is 212 Å². The smallest absolute Gasteiger partial charge is 0.244 e. The fraction of sp³-hybridized carbons (Fsp3) is 0.417. The highest BCUT2D eigenvalue weighted by Crippen LogP contribution is 2.27. The molecule has 0 bridgehead atoms. The number of sulfonamides is 1. The molecule has 0 aromatic heterocycles. The number of anilines is 1. The molecule has 2 aromatic rings. The van der Waals surface area contributed by atoms with Gasteiger partial charge >= 0.3 is 0 Å². The number of halogens is 2. The second kappa shape index (κ2) is 11.9. The van der Waals surface area contributed by atoms with E-state index in [0.717, 1.165) is 17.0 Å². The first-order valence-corrected chi connectivity index (χ1v) is 13.5. The molecule has 0 heterocycles. The average Bonchev–Trinajstić information content (AvgIpc) is 2.76. The lowest BCUT2D eigenvalue weighted by Crippen LogP contribution is -2.52. The number of carbonyl (C=O) groups is 2. The van der Waals surface area contributed by atoms with Gasteiger partial charge < -0.3 is 10.2 Å². The van der Waals surface area contributed by atoms with E-state index in [9.17, 15) is 18.0 Å². The predicted octanol–water partition coefficient (Wildman–Crippen LogP) is 4.40. The highest BCUT2D eigenvalue weighted by molar-refractivity contribution is 7.92. The topological polar surface area (TPSA) is 86.8 Å². The molecule has 0 saturated heterocycles. The van der Waals surface area contributed by atoms with Crippen molar-refractivity contribution in [3.63, 3.8) is 0 Å². The number of nitrogens with zero attached hydrogens (tertiary/aromatic N) is 2. The molecule has 7 nitrogen and oxygen atoms in total. The predicted molar refractivity (Wildman–Crippen MR) is 138 cm³/mol. The van der Waals surface area contributed by atoms with Crippen LogP contribution in [-0.2, 0) is 26.2 Å². The molecule has 0 radical (unpaired) electrons. The summed E-state index contributed by atoms with van der Waals surface area (Å²) in [5.41, 5.74) is 1.57. The van der Waals surface area contributed by atoms with E-state index < -0.39 is 28.5 Å². The van der Waals surface area contributed by atoms with Gasteiger partial charge in [-0.2, -0.15) is 0 Å². The number of hydrogen-bond donors (Lipinski definition) is 1. The zero-order chi connectivity index (χ0) is 25.6. The Balaban J connectivity index is 2.46. The van der Waals surface area contributed by atoms with Crippen LogP contribution in [0.15, 0.2) is 42.5 Å². The zero-order valence-electron chi connectivity index (χ0n) is 20.0. The second-order valence-corrected chi connectivity index (χ2v) is 11.0. The normalized spacial score (nSPS) is 13.1. The van der Waals surface area contributed by atoms with E-state index in [-0.39, 0.29) is 18.5 Å². The maximum Gasteiger partial charge on any atom is 0.244 e. The van der Waals surface area contributed by atoms with Crippen LogP contribution >= 0.6 is 23.2 Å². The summed E-state index contributed by atoms with van der Waals surface area (Å²) >= 11 is 12.7. The molecule has 1 N–H and O–H groups in total. The van der Waals surface area contributed by atoms with E-state index in [1.54, 1.807) is 56.3 Å². The third-order valence-electron chi connectivity index (χ3n) is 5.62. The Morgan fingerprint density at radius 3 is 2.15 bits per heavy atom. The van der Waals surface area contributed by atoms with Gasteiger partial charge in [0.2, 0.25) is 21.8 Å². The minimum atomic E-state index is -3.79. The van der Waals surface area contributed by atoms with Crippen LogP contribution < -0.4 is 9.62 Å². The highest BCUT2D eigenvalue weighted by Gasteiger charge is 2.31. The Bertz CT molecular complexity index is 1120. The van der Waals surface area contributed by atoms with E-state index in [1.165, 1.54) is 4.90 Å². The SMILES string of the molecule is CC[C@@H](C)NC(=O)[C@@H](C)N(Cc1c(Cl)cccc1Cl)C(=O)CN(c1ccccc1C)S(C)(=O)=O. The third kappa shape index (κ3) is 7.10. The molecule has 34 heavy (non-hydrogen) atoms. The van der Waals surface area contributed by atoms with E-state index in [1.807, 2.05) is 13.8 Å². The summed E-state index contributed by atoms with van der Waals surface area (Å²) in [7, 11) is -3.79. The Morgan fingerprint density at radius 2 is 1.62 bits per heavy atom. The quantitative estimate of drug-likeness (QED) is 0.495. The van der Waals surface area contributed by atoms with Gasteiger partial charge in [0.15, 0.2) is 0 Å². The third-order valence-corrected chi connectivity index (χ3v) is 7.46. The van der Waals surface area contributed by atoms with Gasteiger partial charge in [0, 0.05) is 28.2 Å². The number of benzene rings is 2. The van der Waals surface area contributed by atoms with Gasteiger partial charge in [-0.15, -0.1) is 0 Å². The van der Waals surface area contributed by atoms with Crippen LogP contribution in [-0.4, -0.2) is 50.0 Å². The van der Waals surface area contributed by atoms with Crippen molar-refractivity contribution in [2.24, 2.45) is 0 Å². The molecular formula is C24H31Cl2N3O4S. The maximum absolute atomic E-state index is 13.6. The van der Waals surface area contributed by atoms with Crippen molar-refractivity contribution >= 4 is 50.7 Å². The Kier molecular flexibility index (Phi) is 9.79. The van der Waals surface area contributed by atoms with Gasteiger partial charge in [0.1, 0.15) is 12.6 Å². The number of amides is 2. The minimum Gasteiger partial charge on any atom is -0.352 e. The molecule has 0 unspecified atom stereocenters. The van der Waals surface area contributed by atoms with Crippen molar-refractivity contribution in [3.8, 4) is 0 Å². The average molecular weight is 529 g/mol. The summed E-state index contributed by atoms with van der Waals surface area (Å²) in [5, 5.41) is 3.57. The van der Waals surface area contributed by atoms with Crippen LogP contribution in [0.3, 0.4) is 0 Å². The van der Waals surface area contributed by atoms with Crippen LogP contribution in [0.25, 0.3) is 0 Å². The number of nitrogens with one attached hydrogen (secondary N) is 1. The van der Waals surface area contributed by atoms with Gasteiger partial charge in [-0.05, 0) is 51.0 Å². The van der Waals surface area contributed by atoms with Crippen molar-refractivity contribution in [2.75, 3.05) is 17.1 Å². The minimum absolute atomic E-state index is 0.0577. The van der Waals surface area contributed by atoms with Crippen LogP contribution in [0.5, 0.6) is 0 Å². The number of carbonyl (C=O) groups excluding carboxylic acids is 2. The molecule has 0 fully saturated rings. The number of para-hydroxylation sites is 1. The summed E-state index contributed by atoms with van der Waals surface area (Å²) in [5.74, 6) is -0.913. The van der Waals surface area contributed by atoms with Crippen LogP contribution in [0.4, 0.5) is 5.69 Å². The largest absolute Gasteiger partial charge is 0.352 e. The zero-order valence-corrected chi connectivity index (χ0v) is 22.3. The Morgan fingerprint density at radius 1 is 1.03 bits per heavy atom. The summed E-state index contributed by atoms with van der Waals surface area (Å²) in [6.45, 7) is 6.63. The number of hydrogen-bond acceptors (Lipinski definition) is 4. The summed E-state index contributed by atoms with van der Waals surface area (Å²) in [4.78, 5) is 27.8. The molecule has 2 amide bonds. The fourth-order valence-electron chi connectivity index (χ4n) is 3.34. The highest BCUT2D eigenvalue weighted by atomic mass is 35.5. The monoisotopic (exact) mass is 527 g/mol. The lowest BCUT2D eigenvalue weighted by molar-refractivity contribution is -0.139. The van der Waals surface area contributed by atoms with Gasteiger partial charge in [0.05, 0.1) is 11.9 Å². The van der Waals surface area contributed by atoms with Crippen molar-refractivity contribution in [1.82, 2.24) is 10.2 Å². The molecule has 0 spiro atoms. The van der Waals surface area contributed by atoms with E-state index >= 15 is 0 Å². The fourth-order valence-corrected chi connectivity index (χ4v) is 4.76. The molecule has 2 rings (SSSR count). The standard InChI is InChI=1S/C24H31Cl2N3O4S/c1-6-17(3)27-24(31)18(4)28(14-19-20(25)11-9-12-21(19)26)23(30)15-29(34(5,32)33)22-13-8-7-10-16(22)2/h7-13,17-18H,6,14-15H2,1-5H3,(H,27,31)/t17-,18-/m1/s1. The second-order valence-electron chi connectivity index (χ2n) is 8.27. The van der Waals surface area contributed by atoms with Gasteiger partial charge in [-0.25, -0.2) is 8.42 Å². The van der Waals surface area contributed by atoms with Crippen molar-refractivity contribution in [3.05, 3.63) is 63.6 Å². The molecule has 2 aromatic carbocycles. The van der Waals surface area contributed by atoms with Crippen LogP contribution in [0.2, 0.25) is 10.0 Å². The summed E-state index contributed by atoms with van der Waals surface area (Å²) < 4.78 is 26.3. The number of aryl methyl sites for hydroxylation is 1. The molecule has 0 aliphatic carbocycles. The molecule has 0 aliphatic heterocycles. The summed E-state index contributed by atoms with van der Waals surface area (Å²) in [6, 6.07) is 10.9. The first kappa shape index (κ1) is 28.0. The van der Waals surface area contributed by atoms with E-state index in [4.69, 9.17) is 23.2 Å². The van der Waals surface area contributed by atoms with Crippen LogP contribution in [0, 0.1) is 6.92 Å². The van der Waals surface area contributed by atoms with E-state index in [0.29, 0.717) is 26.9 Å². The molecule has 0 aliphatic rings. The molecule has 10 heteroatoms. The Hall–Kier alpha value is -2.29. The van der Waals surface area contributed by atoms with Gasteiger partial charge in [-0.3, -0.25) is 13.9 Å². The summed E-state index contributed by atoms with van der Waals surface area (Å²) in [6.07, 6.45) is 1.76. The molecule has 186 valence electrons. The lowest BCUT2D eigenvalue weighted by Gasteiger charge is -2.32. The van der Waals surface area contributed by atoms with Gasteiger partial charge in [0.25, 0.3) is 0 Å². The lowest BCUT2D eigenvalue weighted by atomic mass is 10.1. The first-order valence-electron chi connectivity index (χ1n) is 10.9. The first-order chi connectivity index (χ1) is 15.9. The van der Waals surface area contributed by atoms with Crippen molar-refractivity contribution < 1.29 is 18.0 Å². The van der Waals surface area contributed by atoms with Crippen molar-refractivity contribution in [2.45, 2.75) is 52.7 Å². The van der Waals surface area contributed by atoms with Crippen LogP contribution in [0.1, 0.15) is 38.3 Å². The number of rotatable bonds is 10. The van der Waals surface area contributed by atoms with E-state index in [2.05, 4.69) is 5.32 Å². The molecule has 0 saturated carbocycles. The molecule has 2 atom stereocenters. The van der Waals surface area contributed by atoms with Crippen molar-refractivity contribution in [1.29, 1.82) is 0 Å². The molecular weight excluding hydrogens is 497 g/mol.